The van der Waals surface area contributed by atoms with Crippen LogP contribution in [0.2, 0.25) is 0 Å². The van der Waals surface area contributed by atoms with E-state index >= 15 is 0 Å². The molecule has 15 heavy (non-hydrogen) atoms. The van der Waals surface area contributed by atoms with Crippen molar-refractivity contribution in [3.8, 4) is 0 Å². The van der Waals surface area contributed by atoms with Crippen LogP contribution in [0.25, 0.3) is 0 Å². The first kappa shape index (κ1) is 8.60. The van der Waals surface area contributed by atoms with Gasteiger partial charge in [-0.2, -0.15) is 0 Å². The molecule has 1 aromatic heterocycles. The van der Waals surface area contributed by atoms with Crippen LogP contribution in [-0.4, -0.2) is 9.97 Å². The number of nitrogens with zero attached hydrogens (tertiary/aromatic N) is 2. The number of hydrogen-bond donors (Lipinski definition) is 0. The Bertz CT molecular complexity index is 440. The third-order valence-corrected chi connectivity index (χ3v) is 2.98. The summed E-state index contributed by atoms with van der Waals surface area (Å²) in [6.45, 7) is 0. The average molecular weight is 195 g/mol. The highest BCUT2D eigenvalue weighted by molar-refractivity contribution is 5.31. The molecule has 2 aromatic rings. The minimum Gasteiger partial charge on any atom is -0.241 e. The molecule has 2 heteroatoms. The Morgan fingerprint density at radius 3 is 2.80 bits per heavy atom. The summed E-state index contributed by atoms with van der Waals surface area (Å²) in [6.07, 6.45) is 6.68. The summed E-state index contributed by atoms with van der Waals surface area (Å²) in [4.78, 5) is 8.24. The van der Waals surface area contributed by atoms with Crippen LogP contribution in [0.15, 0.2) is 36.7 Å². The second-order valence-electron chi connectivity index (χ2n) is 3.93. The van der Waals surface area contributed by atoms with Crippen LogP contribution < -0.4 is 0 Å². The van der Waals surface area contributed by atoms with Crippen LogP contribution in [-0.2, 0) is 12.8 Å². The number of benzene rings is 1. The SMILES string of the molecule is [c]1ncnc2c1CC(c1ccccc1)C2. The van der Waals surface area contributed by atoms with Crippen molar-refractivity contribution in [1.29, 1.82) is 0 Å². The molecule has 2 nitrogen and oxygen atoms in total. The summed E-state index contributed by atoms with van der Waals surface area (Å²) in [5.74, 6) is 0.564. The van der Waals surface area contributed by atoms with Crippen molar-refractivity contribution in [2.24, 2.45) is 0 Å². The lowest BCUT2D eigenvalue weighted by atomic mass is 9.97. The molecular formula is C13H11N2. The summed E-state index contributed by atoms with van der Waals surface area (Å²) in [5, 5.41) is 0. The molecule has 3 rings (SSSR count). The van der Waals surface area contributed by atoms with E-state index in [1.165, 1.54) is 16.8 Å². The molecule has 0 saturated heterocycles. The Kier molecular flexibility index (Phi) is 1.98. The average Bonchev–Trinajstić information content (AvgIpc) is 2.74. The highest BCUT2D eigenvalue weighted by atomic mass is 14.8. The molecule has 1 atom stereocenters. The van der Waals surface area contributed by atoms with Gasteiger partial charge in [0.15, 0.2) is 0 Å². The van der Waals surface area contributed by atoms with Crippen molar-refractivity contribution in [2.45, 2.75) is 18.8 Å². The van der Waals surface area contributed by atoms with E-state index < -0.39 is 0 Å². The third-order valence-electron chi connectivity index (χ3n) is 2.98. The van der Waals surface area contributed by atoms with E-state index in [4.69, 9.17) is 0 Å². The summed E-state index contributed by atoms with van der Waals surface area (Å²) in [7, 11) is 0. The maximum absolute atomic E-state index is 4.29. The van der Waals surface area contributed by atoms with Crippen molar-refractivity contribution in [1.82, 2.24) is 9.97 Å². The Hall–Kier alpha value is -1.70. The fourth-order valence-electron chi connectivity index (χ4n) is 2.20. The number of fused-ring (bicyclic) bond motifs is 1. The van der Waals surface area contributed by atoms with E-state index in [1.54, 1.807) is 6.33 Å². The summed E-state index contributed by atoms with van der Waals surface area (Å²) >= 11 is 0. The molecule has 0 spiro atoms. The van der Waals surface area contributed by atoms with Gasteiger partial charge in [-0.3, -0.25) is 0 Å². The predicted octanol–water partition coefficient (Wildman–Crippen LogP) is 2.16. The lowest BCUT2D eigenvalue weighted by Gasteiger charge is -2.07. The second kappa shape index (κ2) is 3.46. The minimum absolute atomic E-state index is 0.564. The molecule has 0 aliphatic heterocycles. The predicted molar refractivity (Wildman–Crippen MR) is 57.5 cm³/mol. The second-order valence-corrected chi connectivity index (χ2v) is 3.93. The van der Waals surface area contributed by atoms with Gasteiger partial charge in [0.1, 0.15) is 6.33 Å². The first-order valence-electron chi connectivity index (χ1n) is 5.19. The van der Waals surface area contributed by atoms with Crippen LogP contribution in [0.3, 0.4) is 0 Å². The topological polar surface area (TPSA) is 25.8 Å². The van der Waals surface area contributed by atoms with Crippen molar-refractivity contribution in [3.63, 3.8) is 0 Å². The Balaban J connectivity index is 1.91. The van der Waals surface area contributed by atoms with Crippen molar-refractivity contribution in [3.05, 3.63) is 59.7 Å². The normalized spacial score (nSPS) is 18.8. The molecule has 0 N–H and O–H groups in total. The summed E-state index contributed by atoms with van der Waals surface area (Å²) < 4.78 is 0. The van der Waals surface area contributed by atoms with E-state index in [9.17, 15) is 0 Å². The molecule has 1 heterocycles. The number of rotatable bonds is 1. The molecule has 73 valence electrons. The van der Waals surface area contributed by atoms with Gasteiger partial charge < -0.3 is 0 Å². The molecular weight excluding hydrogens is 184 g/mol. The van der Waals surface area contributed by atoms with Gasteiger partial charge in [0.25, 0.3) is 0 Å². The molecule has 1 aliphatic carbocycles. The standard InChI is InChI=1S/C13H11N2/c1-2-4-10(5-3-1)11-6-12-8-14-9-15-13(12)7-11/h1-5,9,11H,6-7H2. The largest absolute Gasteiger partial charge is 0.241 e. The zero-order chi connectivity index (χ0) is 10.1. The summed E-state index contributed by atoms with van der Waals surface area (Å²) in [6, 6.07) is 10.6. The maximum Gasteiger partial charge on any atom is 0.116 e. The fourth-order valence-corrected chi connectivity index (χ4v) is 2.20. The number of aromatic nitrogens is 2. The zero-order valence-electron chi connectivity index (χ0n) is 8.35. The first-order valence-corrected chi connectivity index (χ1v) is 5.19. The molecule has 0 saturated carbocycles. The molecule has 1 aromatic carbocycles. The highest BCUT2D eigenvalue weighted by Crippen LogP contribution is 2.31. The van der Waals surface area contributed by atoms with E-state index in [0.29, 0.717) is 5.92 Å². The molecule has 0 amide bonds. The molecule has 0 bridgehead atoms. The third kappa shape index (κ3) is 1.52. The monoisotopic (exact) mass is 195 g/mol. The quantitative estimate of drug-likeness (QED) is 0.696. The molecule has 1 radical (unpaired) electrons. The van der Waals surface area contributed by atoms with E-state index in [-0.39, 0.29) is 0 Å². The van der Waals surface area contributed by atoms with Crippen LogP contribution in [0.1, 0.15) is 22.7 Å². The van der Waals surface area contributed by atoms with Crippen molar-refractivity contribution < 1.29 is 0 Å². The lowest BCUT2D eigenvalue weighted by Crippen LogP contribution is -1.97. The van der Waals surface area contributed by atoms with Gasteiger partial charge in [-0.1, -0.05) is 30.3 Å². The van der Waals surface area contributed by atoms with Gasteiger partial charge in [0, 0.05) is 11.3 Å². The Morgan fingerprint density at radius 2 is 2.00 bits per heavy atom. The van der Waals surface area contributed by atoms with Gasteiger partial charge >= 0.3 is 0 Å². The Labute approximate surface area is 89.0 Å². The van der Waals surface area contributed by atoms with E-state index in [2.05, 4.69) is 46.5 Å². The van der Waals surface area contributed by atoms with Crippen molar-refractivity contribution in [2.75, 3.05) is 0 Å². The van der Waals surface area contributed by atoms with Crippen LogP contribution in [0, 0.1) is 6.20 Å². The van der Waals surface area contributed by atoms with Gasteiger partial charge in [0.05, 0.1) is 6.20 Å². The smallest absolute Gasteiger partial charge is 0.116 e. The van der Waals surface area contributed by atoms with Gasteiger partial charge in [-0.05, 0) is 24.3 Å². The zero-order valence-corrected chi connectivity index (χ0v) is 8.35. The first-order chi connectivity index (χ1) is 7.43. The van der Waals surface area contributed by atoms with Gasteiger partial charge in [-0.15, -0.1) is 0 Å². The molecule has 1 aliphatic rings. The lowest BCUT2D eigenvalue weighted by molar-refractivity contribution is 0.736. The van der Waals surface area contributed by atoms with Crippen LogP contribution >= 0.6 is 0 Å². The van der Waals surface area contributed by atoms with E-state index in [1.807, 2.05) is 0 Å². The highest BCUT2D eigenvalue weighted by Gasteiger charge is 2.23. The number of hydrogen-bond acceptors (Lipinski definition) is 2. The molecule has 0 fully saturated rings. The van der Waals surface area contributed by atoms with Crippen LogP contribution in [0.4, 0.5) is 0 Å². The Morgan fingerprint density at radius 1 is 1.13 bits per heavy atom. The van der Waals surface area contributed by atoms with Gasteiger partial charge in [-0.25, -0.2) is 9.97 Å². The van der Waals surface area contributed by atoms with Crippen molar-refractivity contribution >= 4 is 0 Å². The fraction of sp³-hybridized carbons (Fsp3) is 0.231. The van der Waals surface area contributed by atoms with Gasteiger partial charge in [0.2, 0.25) is 0 Å². The summed E-state index contributed by atoms with van der Waals surface area (Å²) in [5.41, 5.74) is 3.74. The van der Waals surface area contributed by atoms with Crippen LogP contribution in [0.5, 0.6) is 0 Å². The maximum atomic E-state index is 4.29. The minimum atomic E-state index is 0.564. The van der Waals surface area contributed by atoms with E-state index in [0.717, 1.165) is 12.8 Å². The molecule has 1 unspecified atom stereocenters.